The zero-order chi connectivity index (χ0) is 22.0. The molecule has 1 aliphatic rings. The van der Waals surface area contributed by atoms with Crippen molar-refractivity contribution in [3.8, 4) is 11.8 Å². The SMILES string of the molecule is CCCCCCCCC#Cc1cccc(C2(O)OC(=O)/C=C\C(=O)OC2(N)CO)n1. The summed E-state index contributed by atoms with van der Waals surface area (Å²) in [6.45, 7) is 1.16. The van der Waals surface area contributed by atoms with Gasteiger partial charge in [-0.05, 0) is 24.5 Å². The van der Waals surface area contributed by atoms with Crippen molar-refractivity contribution in [3.63, 3.8) is 0 Å². The molecular weight excluding hydrogens is 388 g/mol. The molecule has 0 bridgehead atoms. The average Bonchev–Trinajstić information content (AvgIpc) is 2.73. The largest absolute Gasteiger partial charge is 0.431 e. The molecule has 1 aromatic heterocycles. The van der Waals surface area contributed by atoms with Gasteiger partial charge >= 0.3 is 17.7 Å². The van der Waals surface area contributed by atoms with E-state index in [9.17, 15) is 19.8 Å². The fraction of sp³-hybridized carbons (Fsp3) is 0.500. The summed E-state index contributed by atoms with van der Waals surface area (Å²) in [6, 6.07) is 4.49. The van der Waals surface area contributed by atoms with Crippen LogP contribution < -0.4 is 5.73 Å². The molecule has 162 valence electrons. The van der Waals surface area contributed by atoms with Gasteiger partial charge in [0.05, 0.1) is 0 Å². The number of carbonyl (C=O) groups excluding carboxylic acids is 2. The number of pyridine rings is 1. The van der Waals surface area contributed by atoms with Crippen LogP contribution in [0.4, 0.5) is 0 Å². The lowest BCUT2D eigenvalue weighted by Gasteiger charge is -2.40. The number of carbonyl (C=O) groups is 2. The standard InChI is InChI=1S/C22H28N2O6/c1-2-3-4-5-6-7-8-9-11-17-12-10-13-18(24-17)22(28)21(23,16-25)29-19(26)14-15-20(27)30-22/h10,12-15,25,28H,2-8,16,23H2,1H3/b15-14-. The van der Waals surface area contributed by atoms with Crippen LogP contribution in [0.1, 0.15) is 63.3 Å². The summed E-state index contributed by atoms with van der Waals surface area (Å²) in [5.41, 5.74) is 3.54. The second-order valence-electron chi connectivity index (χ2n) is 7.09. The number of ether oxygens (including phenoxy) is 2. The predicted molar refractivity (Wildman–Crippen MR) is 108 cm³/mol. The van der Waals surface area contributed by atoms with E-state index in [0.29, 0.717) is 12.1 Å². The number of cyclic esters (lactones) is 2. The zero-order valence-electron chi connectivity index (χ0n) is 17.1. The van der Waals surface area contributed by atoms with Crippen LogP contribution in [-0.2, 0) is 24.8 Å². The summed E-state index contributed by atoms with van der Waals surface area (Å²) in [6.07, 6.45) is 9.25. The number of aromatic nitrogens is 1. The Balaban J connectivity index is 2.18. The van der Waals surface area contributed by atoms with Crippen molar-refractivity contribution in [1.29, 1.82) is 0 Å². The van der Waals surface area contributed by atoms with Crippen LogP contribution in [0.3, 0.4) is 0 Å². The monoisotopic (exact) mass is 416 g/mol. The molecule has 0 saturated heterocycles. The Morgan fingerprint density at radius 2 is 1.73 bits per heavy atom. The molecule has 0 fully saturated rings. The van der Waals surface area contributed by atoms with Crippen LogP contribution in [0.15, 0.2) is 30.4 Å². The normalized spacial score (nSPS) is 24.7. The highest BCUT2D eigenvalue weighted by Gasteiger charge is 2.57. The third kappa shape index (κ3) is 5.89. The number of unbranched alkanes of at least 4 members (excludes halogenated alkanes) is 6. The third-order valence-corrected chi connectivity index (χ3v) is 4.66. The fourth-order valence-electron chi connectivity index (χ4n) is 2.93. The average molecular weight is 416 g/mol. The lowest BCUT2D eigenvalue weighted by molar-refractivity contribution is -0.306. The Hall–Kier alpha value is -2.73. The Morgan fingerprint density at radius 1 is 1.07 bits per heavy atom. The molecule has 2 rings (SSSR count). The van der Waals surface area contributed by atoms with Gasteiger partial charge in [0.1, 0.15) is 18.0 Å². The van der Waals surface area contributed by atoms with E-state index in [4.69, 9.17) is 15.2 Å². The van der Waals surface area contributed by atoms with E-state index in [0.717, 1.165) is 25.0 Å². The molecule has 8 nitrogen and oxygen atoms in total. The molecule has 30 heavy (non-hydrogen) atoms. The van der Waals surface area contributed by atoms with Gasteiger partial charge in [-0.25, -0.2) is 14.6 Å². The molecule has 0 radical (unpaired) electrons. The highest BCUT2D eigenvalue weighted by Crippen LogP contribution is 2.34. The summed E-state index contributed by atoms with van der Waals surface area (Å²) < 4.78 is 9.96. The van der Waals surface area contributed by atoms with E-state index < -0.39 is 30.1 Å². The third-order valence-electron chi connectivity index (χ3n) is 4.66. The van der Waals surface area contributed by atoms with E-state index in [1.54, 1.807) is 6.07 Å². The van der Waals surface area contributed by atoms with Crippen molar-refractivity contribution in [2.45, 2.75) is 63.4 Å². The number of nitrogens with zero attached hydrogens (tertiary/aromatic N) is 1. The van der Waals surface area contributed by atoms with Crippen LogP contribution in [-0.4, -0.2) is 39.5 Å². The van der Waals surface area contributed by atoms with Gasteiger partial charge in [0.2, 0.25) is 0 Å². The van der Waals surface area contributed by atoms with Crippen molar-refractivity contribution in [3.05, 3.63) is 41.7 Å². The number of hydrogen-bond acceptors (Lipinski definition) is 8. The van der Waals surface area contributed by atoms with Gasteiger partial charge in [0.25, 0.3) is 5.72 Å². The van der Waals surface area contributed by atoms with Gasteiger partial charge in [0.15, 0.2) is 0 Å². The molecule has 1 aliphatic heterocycles. The lowest BCUT2D eigenvalue weighted by Crippen LogP contribution is -2.65. The van der Waals surface area contributed by atoms with E-state index in [1.807, 2.05) is 0 Å². The topological polar surface area (TPSA) is 132 Å². The van der Waals surface area contributed by atoms with E-state index in [-0.39, 0.29) is 5.69 Å². The van der Waals surface area contributed by atoms with Crippen molar-refractivity contribution in [2.75, 3.05) is 6.61 Å². The maximum Gasteiger partial charge on any atom is 0.334 e. The first-order chi connectivity index (χ1) is 14.3. The molecule has 8 heteroatoms. The first-order valence-electron chi connectivity index (χ1n) is 10.1. The Labute approximate surface area is 176 Å². The van der Waals surface area contributed by atoms with E-state index >= 15 is 0 Å². The van der Waals surface area contributed by atoms with Crippen LogP contribution in [0, 0.1) is 11.8 Å². The van der Waals surface area contributed by atoms with Crippen molar-refractivity contribution in [2.24, 2.45) is 5.73 Å². The van der Waals surface area contributed by atoms with E-state index in [1.165, 1.54) is 37.8 Å². The van der Waals surface area contributed by atoms with Gasteiger partial charge in [-0.15, -0.1) is 0 Å². The molecule has 2 heterocycles. The lowest BCUT2D eigenvalue weighted by atomic mass is 9.98. The maximum atomic E-state index is 11.9. The molecule has 2 unspecified atom stereocenters. The minimum absolute atomic E-state index is 0.220. The van der Waals surface area contributed by atoms with Crippen LogP contribution in [0.2, 0.25) is 0 Å². The summed E-state index contributed by atoms with van der Waals surface area (Å²) in [5, 5.41) is 20.7. The smallest absolute Gasteiger partial charge is 0.334 e. The molecule has 0 aromatic carbocycles. The summed E-state index contributed by atoms with van der Waals surface area (Å²) >= 11 is 0. The zero-order valence-corrected chi connectivity index (χ0v) is 17.1. The van der Waals surface area contributed by atoms with Gasteiger partial charge in [-0.1, -0.05) is 51.0 Å². The number of nitrogens with two attached hydrogens (primary N) is 1. The van der Waals surface area contributed by atoms with Crippen molar-refractivity contribution in [1.82, 2.24) is 4.98 Å². The second kappa shape index (κ2) is 10.9. The Bertz CT molecular complexity index is 844. The fourth-order valence-corrected chi connectivity index (χ4v) is 2.93. The predicted octanol–water partition coefficient (Wildman–Crippen LogP) is 1.63. The van der Waals surface area contributed by atoms with Crippen LogP contribution >= 0.6 is 0 Å². The first kappa shape index (κ1) is 23.5. The molecule has 1 aromatic rings. The van der Waals surface area contributed by atoms with Gasteiger partial charge < -0.3 is 19.7 Å². The number of hydrogen-bond donors (Lipinski definition) is 3. The first-order valence-corrected chi connectivity index (χ1v) is 10.1. The molecule has 0 amide bonds. The van der Waals surface area contributed by atoms with Crippen LogP contribution in [0.25, 0.3) is 0 Å². The molecule has 0 spiro atoms. The number of aliphatic hydroxyl groups excluding tert-OH is 1. The quantitative estimate of drug-likeness (QED) is 0.331. The van der Waals surface area contributed by atoms with Crippen molar-refractivity contribution >= 4 is 11.9 Å². The summed E-state index contributed by atoms with van der Waals surface area (Å²) in [4.78, 5) is 27.9. The molecular formula is C22H28N2O6. The van der Waals surface area contributed by atoms with Crippen molar-refractivity contribution < 1.29 is 29.3 Å². The highest BCUT2D eigenvalue weighted by molar-refractivity contribution is 5.92. The minimum Gasteiger partial charge on any atom is -0.431 e. The maximum absolute atomic E-state index is 11.9. The summed E-state index contributed by atoms with van der Waals surface area (Å²) in [7, 11) is 0. The Morgan fingerprint density at radius 3 is 2.43 bits per heavy atom. The minimum atomic E-state index is -2.71. The molecule has 4 N–H and O–H groups in total. The Kier molecular flexibility index (Phi) is 8.54. The molecule has 0 aliphatic carbocycles. The van der Waals surface area contributed by atoms with Crippen LogP contribution in [0.5, 0.6) is 0 Å². The van der Waals surface area contributed by atoms with Gasteiger partial charge in [-0.3, -0.25) is 5.73 Å². The van der Waals surface area contributed by atoms with Gasteiger partial charge in [0, 0.05) is 18.6 Å². The molecule has 2 atom stereocenters. The highest BCUT2D eigenvalue weighted by atomic mass is 16.7. The second-order valence-corrected chi connectivity index (χ2v) is 7.09. The number of aliphatic hydroxyl groups is 2. The number of rotatable bonds is 8. The van der Waals surface area contributed by atoms with E-state index in [2.05, 4.69) is 23.7 Å². The molecule has 0 saturated carbocycles. The van der Waals surface area contributed by atoms with Gasteiger partial charge in [-0.2, -0.15) is 0 Å². The summed E-state index contributed by atoms with van der Waals surface area (Å²) in [5.74, 6) is 1.16. The number of esters is 2.